The number of halogens is 3. The number of nitriles is 1. The summed E-state index contributed by atoms with van der Waals surface area (Å²) in [6.07, 6.45) is -4.68. The van der Waals surface area contributed by atoms with E-state index in [4.69, 9.17) is 5.26 Å². The lowest BCUT2D eigenvalue weighted by molar-refractivity contribution is -0.137. The molecule has 1 unspecified atom stereocenters. The van der Waals surface area contributed by atoms with Gasteiger partial charge < -0.3 is 5.11 Å². The van der Waals surface area contributed by atoms with E-state index in [0.717, 1.165) is 17.7 Å². The summed E-state index contributed by atoms with van der Waals surface area (Å²) in [5, 5.41) is 19.8. The Balaban J connectivity index is 2.47. The summed E-state index contributed by atoms with van der Waals surface area (Å²) in [4.78, 5) is 0. The van der Waals surface area contributed by atoms with Gasteiger partial charge in [-0.15, -0.1) is 0 Å². The van der Waals surface area contributed by atoms with E-state index in [2.05, 4.69) is 0 Å². The van der Waals surface area contributed by atoms with E-state index in [-0.39, 0.29) is 12.0 Å². The maximum Gasteiger partial charge on any atom is 0.416 e. The van der Waals surface area contributed by atoms with Crippen LogP contribution in [0.15, 0.2) is 48.5 Å². The van der Waals surface area contributed by atoms with Crippen molar-refractivity contribution >= 4 is 0 Å². The highest BCUT2D eigenvalue weighted by Gasteiger charge is 2.34. The molecule has 1 atom stereocenters. The Labute approximate surface area is 126 Å². The van der Waals surface area contributed by atoms with E-state index < -0.39 is 17.3 Å². The quantitative estimate of drug-likeness (QED) is 0.925. The van der Waals surface area contributed by atoms with E-state index in [1.807, 2.05) is 13.0 Å². The van der Waals surface area contributed by atoms with Crippen molar-refractivity contribution in [1.82, 2.24) is 0 Å². The first-order chi connectivity index (χ1) is 10.3. The van der Waals surface area contributed by atoms with E-state index in [0.29, 0.717) is 5.56 Å². The van der Waals surface area contributed by atoms with Gasteiger partial charge in [-0.25, -0.2) is 0 Å². The van der Waals surface area contributed by atoms with Crippen LogP contribution >= 0.6 is 0 Å². The molecule has 2 rings (SSSR count). The van der Waals surface area contributed by atoms with Crippen molar-refractivity contribution in [2.45, 2.75) is 25.1 Å². The van der Waals surface area contributed by atoms with Gasteiger partial charge in [-0.3, -0.25) is 0 Å². The topological polar surface area (TPSA) is 44.0 Å². The van der Waals surface area contributed by atoms with Crippen LogP contribution in [-0.2, 0) is 11.8 Å². The fourth-order valence-corrected chi connectivity index (χ4v) is 2.25. The van der Waals surface area contributed by atoms with Gasteiger partial charge in [-0.05, 0) is 30.2 Å². The molecule has 0 aromatic heterocycles. The standard InChI is InChI=1S/C17H14F3NO/c1-12-2-4-13(5-3-12)16(22,10-11-21)14-6-8-15(9-7-14)17(18,19)20/h2-9,22H,10H2,1H3. The second-order valence-corrected chi connectivity index (χ2v) is 5.14. The van der Waals surface area contributed by atoms with Crippen LogP contribution in [0.2, 0.25) is 0 Å². The molecular formula is C17H14F3NO. The van der Waals surface area contributed by atoms with Crippen LogP contribution in [-0.4, -0.2) is 5.11 Å². The molecule has 2 aromatic rings. The van der Waals surface area contributed by atoms with E-state index >= 15 is 0 Å². The fourth-order valence-electron chi connectivity index (χ4n) is 2.25. The van der Waals surface area contributed by atoms with Gasteiger partial charge in [-0.1, -0.05) is 42.0 Å². The molecule has 2 aromatic carbocycles. The summed E-state index contributed by atoms with van der Waals surface area (Å²) in [6, 6.07) is 13.0. The Hall–Kier alpha value is -2.32. The molecule has 0 radical (unpaired) electrons. The van der Waals surface area contributed by atoms with Crippen molar-refractivity contribution in [3.8, 4) is 6.07 Å². The van der Waals surface area contributed by atoms with E-state index in [1.54, 1.807) is 24.3 Å². The number of alkyl halides is 3. The van der Waals surface area contributed by atoms with Crippen molar-refractivity contribution < 1.29 is 18.3 Å². The second-order valence-electron chi connectivity index (χ2n) is 5.14. The molecule has 0 heterocycles. The Kier molecular flexibility index (Phi) is 4.25. The first kappa shape index (κ1) is 16.1. The molecule has 0 bridgehead atoms. The van der Waals surface area contributed by atoms with Crippen molar-refractivity contribution in [2.24, 2.45) is 0 Å². The third-order valence-electron chi connectivity index (χ3n) is 3.55. The molecule has 0 aliphatic heterocycles. The summed E-state index contributed by atoms with van der Waals surface area (Å²) in [5.41, 5.74) is -0.715. The summed E-state index contributed by atoms with van der Waals surface area (Å²) >= 11 is 0. The minimum atomic E-state index is -4.43. The average Bonchev–Trinajstić information content (AvgIpc) is 2.47. The van der Waals surface area contributed by atoms with Crippen molar-refractivity contribution in [3.63, 3.8) is 0 Å². The molecule has 22 heavy (non-hydrogen) atoms. The predicted octanol–water partition coefficient (Wildman–Crippen LogP) is 4.16. The maximum atomic E-state index is 12.6. The van der Waals surface area contributed by atoms with Gasteiger partial charge in [0, 0.05) is 0 Å². The molecule has 5 heteroatoms. The molecule has 0 aliphatic carbocycles. The Morgan fingerprint density at radius 1 is 0.909 bits per heavy atom. The smallest absolute Gasteiger partial charge is 0.379 e. The maximum absolute atomic E-state index is 12.6. The van der Waals surface area contributed by atoms with Crippen molar-refractivity contribution in [2.75, 3.05) is 0 Å². The highest BCUT2D eigenvalue weighted by molar-refractivity contribution is 5.39. The zero-order valence-corrected chi connectivity index (χ0v) is 11.9. The number of benzene rings is 2. The fraction of sp³-hybridized carbons (Fsp3) is 0.235. The Morgan fingerprint density at radius 2 is 1.32 bits per heavy atom. The summed E-state index contributed by atoms with van der Waals surface area (Å²) < 4.78 is 37.9. The van der Waals surface area contributed by atoms with Gasteiger partial charge in [0.2, 0.25) is 0 Å². The lowest BCUT2D eigenvalue weighted by Crippen LogP contribution is -2.27. The van der Waals surface area contributed by atoms with Crippen LogP contribution in [0.5, 0.6) is 0 Å². The minimum absolute atomic E-state index is 0.249. The van der Waals surface area contributed by atoms with Crippen LogP contribution in [0.1, 0.15) is 28.7 Å². The molecule has 0 saturated carbocycles. The van der Waals surface area contributed by atoms with Crippen LogP contribution in [0.3, 0.4) is 0 Å². The van der Waals surface area contributed by atoms with Crippen molar-refractivity contribution in [3.05, 3.63) is 70.8 Å². The lowest BCUT2D eigenvalue weighted by atomic mass is 9.83. The molecule has 1 N–H and O–H groups in total. The van der Waals surface area contributed by atoms with Crippen LogP contribution in [0.25, 0.3) is 0 Å². The number of hydrogen-bond acceptors (Lipinski definition) is 2. The minimum Gasteiger partial charge on any atom is -0.379 e. The summed E-state index contributed by atoms with van der Waals surface area (Å²) in [6.45, 7) is 1.88. The van der Waals surface area contributed by atoms with E-state index in [1.165, 1.54) is 12.1 Å². The lowest BCUT2D eigenvalue weighted by Gasteiger charge is -2.27. The Morgan fingerprint density at radius 3 is 1.73 bits per heavy atom. The molecular weight excluding hydrogens is 291 g/mol. The summed E-state index contributed by atoms with van der Waals surface area (Å²) in [7, 11) is 0. The normalized spacial score (nSPS) is 14.2. The third kappa shape index (κ3) is 3.12. The summed E-state index contributed by atoms with van der Waals surface area (Å²) in [5.74, 6) is 0. The second kappa shape index (κ2) is 5.82. The zero-order chi connectivity index (χ0) is 16.4. The van der Waals surface area contributed by atoms with Gasteiger partial charge in [0.05, 0.1) is 18.1 Å². The van der Waals surface area contributed by atoms with Gasteiger partial charge in [0.1, 0.15) is 5.60 Å². The number of hydrogen-bond donors (Lipinski definition) is 1. The van der Waals surface area contributed by atoms with Gasteiger partial charge in [0.15, 0.2) is 0 Å². The first-order valence-electron chi connectivity index (χ1n) is 6.61. The molecule has 2 nitrogen and oxygen atoms in total. The number of aryl methyl sites for hydroxylation is 1. The van der Waals surface area contributed by atoms with Gasteiger partial charge in [0.25, 0.3) is 0 Å². The number of nitrogens with zero attached hydrogens (tertiary/aromatic N) is 1. The predicted molar refractivity (Wildman–Crippen MR) is 75.9 cm³/mol. The Bertz CT molecular complexity index is 684. The average molecular weight is 305 g/mol. The van der Waals surface area contributed by atoms with Gasteiger partial charge in [-0.2, -0.15) is 18.4 Å². The number of rotatable bonds is 3. The largest absolute Gasteiger partial charge is 0.416 e. The highest BCUT2D eigenvalue weighted by Crippen LogP contribution is 2.35. The van der Waals surface area contributed by atoms with Gasteiger partial charge >= 0.3 is 6.18 Å². The molecule has 0 spiro atoms. The molecule has 0 saturated heterocycles. The molecule has 0 aliphatic rings. The SMILES string of the molecule is Cc1ccc(C(O)(CC#N)c2ccc(C(F)(F)F)cc2)cc1. The molecule has 114 valence electrons. The third-order valence-corrected chi connectivity index (χ3v) is 3.55. The monoisotopic (exact) mass is 305 g/mol. The molecule has 0 amide bonds. The van der Waals surface area contributed by atoms with Crippen LogP contribution < -0.4 is 0 Å². The van der Waals surface area contributed by atoms with Crippen LogP contribution in [0.4, 0.5) is 13.2 Å². The van der Waals surface area contributed by atoms with Crippen LogP contribution in [0, 0.1) is 18.3 Å². The highest BCUT2D eigenvalue weighted by atomic mass is 19.4. The van der Waals surface area contributed by atoms with E-state index in [9.17, 15) is 18.3 Å². The zero-order valence-electron chi connectivity index (χ0n) is 11.9. The number of aliphatic hydroxyl groups is 1. The van der Waals surface area contributed by atoms with Crippen molar-refractivity contribution in [1.29, 1.82) is 5.26 Å². The molecule has 0 fully saturated rings. The first-order valence-corrected chi connectivity index (χ1v) is 6.61.